The largest absolute Gasteiger partial charge is 0.0654 e. The van der Waals surface area contributed by atoms with Crippen molar-refractivity contribution in [1.82, 2.24) is 0 Å². The third-order valence-electron chi connectivity index (χ3n) is 11.0. The molecule has 0 saturated carbocycles. The first-order valence-corrected chi connectivity index (χ1v) is 22.8. The standard InChI is InChI=1S/C56H72/c1-3-5-7-9-11-13-15-17-19-21-23-25-49-27-31-51(32-28-49)35-37-53-39-43-55(44-40-53)47-48-56-45-41-54(42-46-56)38-36-52-33-29-50(30-34-52)26-24-22-20-18-16-14-12-10-8-6-4-2/h27-34,39-48H,3-26H2,1-2H3. The van der Waals surface area contributed by atoms with Gasteiger partial charge in [0.2, 0.25) is 0 Å². The highest BCUT2D eigenvalue weighted by molar-refractivity contribution is 5.70. The minimum Gasteiger partial charge on any atom is -0.0654 e. The van der Waals surface area contributed by atoms with E-state index in [4.69, 9.17) is 0 Å². The molecule has 0 unspecified atom stereocenters. The molecule has 4 aromatic carbocycles. The average Bonchev–Trinajstić information content (AvgIpc) is 3.24. The highest BCUT2D eigenvalue weighted by Gasteiger charge is 1.99. The minimum absolute atomic E-state index is 1.04. The quantitative estimate of drug-likeness (QED) is 0.0341. The number of benzene rings is 4. The Morgan fingerprint density at radius 1 is 0.286 bits per heavy atom. The van der Waals surface area contributed by atoms with E-state index in [0.29, 0.717) is 0 Å². The first-order valence-electron chi connectivity index (χ1n) is 22.8. The van der Waals surface area contributed by atoms with Gasteiger partial charge in [0.25, 0.3) is 0 Å². The molecule has 0 aliphatic carbocycles. The second kappa shape index (κ2) is 29.0. The molecule has 0 radical (unpaired) electrons. The van der Waals surface area contributed by atoms with Crippen molar-refractivity contribution >= 4 is 12.2 Å². The van der Waals surface area contributed by atoms with Gasteiger partial charge >= 0.3 is 0 Å². The van der Waals surface area contributed by atoms with E-state index in [1.807, 2.05) is 0 Å². The van der Waals surface area contributed by atoms with E-state index in [0.717, 1.165) is 33.4 Å². The van der Waals surface area contributed by atoms with Crippen LogP contribution in [0.3, 0.4) is 0 Å². The van der Waals surface area contributed by atoms with Gasteiger partial charge in [-0.25, -0.2) is 0 Å². The van der Waals surface area contributed by atoms with E-state index < -0.39 is 0 Å². The van der Waals surface area contributed by atoms with Crippen molar-refractivity contribution in [3.05, 3.63) is 142 Å². The molecule has 0 atom stereocenters. The van der Waals surface area contributed by atoms with Gasteiger partial charge in [0.05, 0.1) is 0 Å². The Labute approximate surface area is 344 Å². The van der Waals surface area contributed by atoms with Gasteiger partial charge in [-0.1, -0.05) is 227 Å². The molecule has 0 aliphatic rings. The van der Waals surface area contributed by atoms with Crippen LogP contribution >= 0.6 is 0 Å². The van der Waals surface area contributed by atoms with Crippen molar-refractivity contribution in [2.24, 2.45) is 0 Å². The van der Waals surface area contributed by atoms with Crippen LogP contribution in [-0.2, 0) is 12.8 Å². The number of aryl methyl sites for hydroxylation is 2. The summed E-state index contributed by atoms with van der Waals surface area (Å²) in [4.78, 5) is 0. The maximum absolute atomic E-state index is 3.35. The Morgan fingerprint density at radius 2 is 0.518 bits per heavy atom. The lowest BCUT2D eigenvalue weighted by molar-refractivity contribution is 0.549. The fourth-order valence-corrected chi connectivity index (χ4v) is 7.33. The molecule has 0 amide bonds. The fourth-order valence-electron chi connectivity index (χ4n) is 7.33. The summed E-state index contributed by atoms with van der Waals surface area (Å²) < 4.78 is 0. The van der Waals surface area contributed by atoms with E-state index >= 15 is 0 Å². The number of hydrogen-bond acceptors (Lipinski definition) is 0. The van der Waals surface area contributed by atoms with Crippen molar-refractivity contribution in [3.8, 4) is 23.7 Å². The summed E-state index contributed by atoms with van der Waals surface area (Å²) in [6, 6.07) is 34.7. The SMILES string of the molecule is CCCCCCCCCCCCCc1ccc(C#Cc2ccc(C=Cc3ccc(C#Cc4ccc(CCCCCCCCCCCCC)cc4)cc3)cc2)cc1. The summed E-state index contributed by atoms with van der Waals surface area (Å²) >= 11 is 0. The lowest BCUT2D eigenvalue weighted by Gasteiger charge is -2.03. The normalized spacial score (nSPS) is 11.0. The van der Waals surface area contributed by atoms with Crippen molar-refractivity contribution in [2.75, 3.05) is 0 Å². The Hall–Kier alpha value is -4.26. The second-order valence-corrected chi connectivity index (χ2v) is 16.0. The monoisotopic (exact) mass is 745 g/mol. The van der Waals surface area contributed by atoms with Crippen molar-refractivity contribution in [2.45, 2.75) is 168 Å². The van der Waals surface area contributed by atoms with Crippen LogP contribution in [0.4, 0.5) is 0 Å². The van der Waals surface area contributed by atoms with Gasteiger partial charge < -0.3 is 0 Å². The van der Waals surface area contributed by atoms with E-state index in [1.165, 1.54) is 165 Å². The molecule has 56 heavy (non-hydrogen) atoms. The third kappa shape index (κ3) is 20.1. The zero-order valence-corrected chi connectivity index (χ0v) is 35.4. The molecule has 0 spiro atoms. The molecule has 296 valence electrons. The highest BCUT2D eigenvalue weighted by Crippen LogP contribution is 2.16. The number of unbranched alkanes of at least 4 members (excludes halogenated alkanes) is 20. The summed E-state index contributed by atoms with van der Waals surface area (Å²) in [7, 11) is 0. The Morgan fingerprint density at radius 3 is 0.786 bits per heavy atom. The van der Waals surface area contributed by atoms with Crippen LogP contribution in [0.1, 0.15) is 200 Å². The van der Waals surface area contributed by atoms with Crippen molar-refractivity contribution < 1.29 is 0 Å². The molecule has 0 aliphatic heterocycles. The van der Waals surface area contributed by atoms with Crippen molar-refractivity contribution in [1.29, 1.82) is 0 Å². The van der Waals surface area contributed by atoms with Crippen LogP contribution in [0, 0.1) is 23.7 Å². The van der Waals surface area contributed by atoms with E-state index in [1.54, 1.807) is 0 Å². The van der Waals surface area contributed by atoms with Crippen LogP contribution in [0.25, 0.3) is 12.2 Å². The summed E-state index contributed by atoms with van der Waals surface area (Å²) in [5.41, 5.74) is 9.41. The predicted molar refractivity (Wildman–Crippen MR) is 247 cm³/mol. The maximum atomic E-state index is 3.35. The van der Waals surface area contributed by atoms with Crippen LogP contribution < -0.4 is 0 Å². The first-order chi connectivity index (χ1) is 27.7. The van der Waals surface area contributed by atoms with Crippen LogP contribution in [0.2, 0.25) is 0 Å². The minimum atomic E-state index is 1.04. The van der Waals surface area contributed by atoms with E-state index in [9.17, 15) is 0 Å². The molecular weight excluding hydrogens is 673 g/mol. The molecule has 0 saturated heterocycles. The summed E-state index contributed by atoms with van der Waals surface area (Å²) in [6.45, 7) is 4.58. The smallest absolute Gasteiger partial charge is 0.0249 e. The van der Waals surface area contributed by atoms with E-state index in [2.05, 4.69) is 147 Å². The third-order valence-corrected chi connectivity index (χ3v) is 11.0. The molecule has 0 nitrogen and oxygen atoms in total. The number of rotatable bonds is 26. The molecule has 0 N–H and O–H groups in total. The molecule has 0 fully saturated rings. The Bertz CT molecular complexity index is 1590. The van der Waals surface area contributed by atoms with Gasteiger partial charge in [-0.3, -0.25) is 0 Å². The Kier molecular flexibility index (Phi) is 23.1. The van der Waals surface area contributed by atoms with Gasteiger partial charge in [0, 0.05) is 22.3 Å². The molecule has 0 heteroatoms. The number of hydrogen-bond donors (Lipinski definition) is 0. The summed E-state index contributed by atoms with van der Waals surface area (Å²) in [6.07, 6.45) is 37.3. The lowest BCUT2D eigenvalue weighted by atomic mass is 10.0. The fraction of sp³-hybridized carbons (Fsp3) is 0.464. The Balaban J connectivity index is 1.09. The zero-order valence-electron chi connectivity index (χ0n) is 35.4. The lowest BCUT2D eigenvalue weighted by Crippen LogP contribution is -1.87. The maximum Gasteiger partial charge on any atom is 0.0249 e. The zero-order chi connectivity index (χ0) is 39.1. The average molecular weight is 745 g/mol. The molecular formula is C56H72. The van der Waals surface area contributed by atoms with Gasteiger partial charge in [0.1, 0.15) is 0 Å². The molecule has 4 aromatic rings. The van der Waals surface area contributed by atoms with Gasteiger partial charge in [-0.15, -0.1) is 0 Å². The topological polar surface area (TPSA) is 0 Å². The van der Waals surface area contributed by atoms with Crippen molar-refractivity contribution in [3.63, 3.8) is 0 Å². The molecule has 0 heterocycles. The van der Waals surface area contributed by atoms with Crippen LogP contribution in [-0.4, -0.2) is 0 Å². The van der Waals surface area contributed by atoms with E-state index in [-0.39, 0.29) is 0 Å². The highest BCUT2D eigenvalue weighted by atomic mass is 14.0. The van der Waals surface area contributed by atoms with Gasteiger partial charge in [0.15, 0.2) is 0 Å². The molecule has 4 rings (SSSR count). The summed E-state index contributed by atoms with van der Waals surface area (Å²) in [5, 5.41) is 0. The van der Waals surface area contributed by atoms with Crippen LogP contribution in [0.5, 0.6) is 0 Å². The van der Waals surface area contributed by atoms with Gasteiger partial charge in [-0.05, 0) is 96.5 Å². The first kappa shape index (κ1) is 44.5. The second-order valence-electron chi connectivity index (χ2n) is 16.0. The van der Waals surface area contributed by atoms with Gasteiger partial charge in [-0.2, -0.15) is 0 Å². The molecule has 0 aromatic heterocycles. The summed E-state index contributed by atoms with van der Waals surface area (Å²) in [5.74, 6) is 13.4. The van der Waals surface area contributed by atoms with Crippen LogP contribution in [0.15, 0.2) is 97.1 Å². The predicted octanol–water partition coefficient (Wildman–Crippen LogP) is 16.4. The molecule has 0 bridgehead atoms.